The van der Waals surface area contributed by atoms with Crippen LogP contribution < -0.4 is 0 Å². The van der Waals surface area contributed by atoms with Gasteiger partial charge in [-0.05, 0) is 63.7 Å². The van der Waals surface area contributed by atoms with Crippen LogP contribution in [-0.4, -0.2) is 9.55 Å². The first-order chi connectivity index (χ1) is 9.74. The van der Waals surface area contributed by atoms with Gasteiger partial charge in [-0.2, -0.15) is 0 Å². The van der Waals surface area contributed by atoms with E-state index in [9.17, 15) is 0 Å². The van der Waals surface area contributed by atoms with E-state index in [-0.39, 0.29) is 0 Å². The first-order valence-electron chi connectivity index (χ1n) is 8.09. The second kappa shape index (κ2) is 5.99. The fourth-order valence-electron chi connectivity index (χ4n) is 3.80. The molecule has 2 aliphatic carbocycles. The minimum Gasteiger partial charge on any atom is -0.310 e. The summed E-state index contributed by atoms with van der Waals surface area (Å²) in [5.41, 5.74) is 4.80. The molecule has 0 spiro atoms. The highest BCUT2D eigenvalue weighted by atomic mass is 15.0. The van der Waals surface area contributed by atoms with Crippen molar-refractivity contribution in [3.63, 3.8) is 0 Å². The summed E-state index contributed by atoms with van der Waals surface area (Å²) in [5, 5.41) is 0. The van der Waals surface area contributed by atoms with Gasteiger partial charge in [-0.3, -0.25) is 0 Å². The Morgan fingerprint density at radius 2 is 2.25 bits per heavy atom. The minimum absolute atomic E-state index is 0.811. The molecule has 0 fully saturated rings. The van der Waals surface area contributed by atoms with E-state index in [0.29, 0.717) is 0 Å². The summed E-state index contributed by atoms with van der Waals surface area (Å²) in [6.07, 6.45) is 17.5. The number of hydrogen-bond donors (Lipinski definition) is 0. The molecule has 20 heavy (non-hydrogen) atoms. The fourth-order valence-corrected chi connectivity index (χ4v) is 3.80. The smallest absolute Gasteiger partial charge is 0.0989 e. The van der Waals surface area contributed by atoms with E-state index >= 15 is 0 Å². The standard InChI is InChI=1S/C18H26N2/c1-14-6-8-16(9-7-14)15(2)12-17-4-3-5-18(17)20-11-10-19-13-20/h6,10-11,13,15-16H,3-5,7-9,12H2,1-2H3. The molecule has 0 amide bonds. The molecule has 2 heteroatoms. The van der Waals surface area contributed by atoms with Crippen molar-refractivity contribution in [3.05, 3.63) is 35.9 Å². The van der Waals surface area contributed by atoms with Crippen LogP contribution in [0.3, 0.4) is 0 Å². The van der Waals surface area contributed by atoms with Gasteiger partial charge in [0.1, 0.15) is 0 Å². The number of hydrogen-bond acceptors (Lipinski definition) is 1. The molecule has 0 radical (unpaired) electrons. The van der Waals surface area contributed by atoms with Gasteiger partial charge in [0.2, 0.25) is 0 Å². The minimum atomic E-state index is 0.811. The van der Waals surface area contributed by atoms with Crippen LogP contribution >= 0.6 is 0 Å². The predicted molar refractivity (Wildman–Crippen MR) is 84.2 cm³/mol. The molecule has 0 aliphatic heterocycles. The predicted octanol–water partition coefficient (Wildman–Crippen LogP) is 5.05. The Labute approximate surface area is 122 Å². The SMILES string of the molecule is CC1=CCC(C(C)CC2=C(n3ccnc3)CCC2)CC1. The lowest BCUT2D eigenvalue weighted by Gasteiger charge is -2.27. The molecule has 1 heterocycles. The van der Waals surface area contributed by atoms with E-state index in [1.165, 1.54) is 50.6 Å². The molecule has 0 aromatic carbocycles. The Hall–Kier alpha value is -1.31. The van der Waals surface area contributed by atoms with Crippen LogP contribution in [0.5, 0.6) is 0 Å². The molecular formula is C18H26N2. The molecule has 2 aliphatic rings. The van der Waals surface area contributed by atoms with Gasteiger partial charge >= 0.3 is 0 Å². The van der Waals surface area contributed by atoms with Crippen molar-refractivity contribution in [1.29, 1.82) is 0 Å². The van der Waals surface area contributed by atoms with Crippen LogP contribution in [0.25, 0.3) is 5.70 Å². The summed E-state index contributed by atoms with van der Waals surface area (Å²) in [6.45, 7) is 4.73. The Balaban J connectivity index is 1.69. The molecule has 3 rings (SSSR count). The van der Waals surface area contributed by atoms with Crippen molar-refractivity contribution in [3.8, 4) is 0 Å². The number of imidazole rings is 1. The zero-order valence-corrected chi connectivity index (χ0v) is 12.8. The van der Waals surface area contributed by atoms with E-state index in [1.54, 1.807) is 11.1 Å². The molecule has 2 nitrogen and oxygen atoms in total. The molecule has 1 aromatic rings. The molecule has 2 unspecified atom stereocenters. The third-order valence-electron chi connectivity index (χ3n) is 5.17. The maximum absolute atomic E-state index is 4.20. The lowest BCUT2D eigenvalue weighted by atomic mass is 9.79. The number of aromatic nitrogens is 2. The maximum atomic E-state index is 4.20. The molecule has 1 aromatic heterocycles. The summed E-state index contributed by atoms with van der Waals surface area (Å²) < 4.78 is 2.24. The lowest BCUT2D eigenvalue weighted by Crippen LogP contribution is -2.15. The monoisotopic (exact) mass is 270 g/mol. The average molecular weight is 270 g/mol. The van der Waals surface area contributed by atoms with Crippen molar-refractivity contribution in [1.82, 2.24) is 9.55 Å². The quantitative estimate of drug-likeness (QED) is 0.700. The first kappa shape index (κ1) is 13.7. The largest absolute Gasteiger partial charge is 0.310 e. The zero-order valence-electron chi connectivity index (χ0n) is 12.8. The molecule has 0 bridgehead atoms. The summed E-state index contributed by atoms with van der Waals surface area (Å²) in [5.74, 6) is 1.70. The van der Waals surface area contributed by atoms with Crippen LogP contribution in [-0.2, 0) is 0 Å². The van der Waals surface area contributed by atoms with Crippen molar-refractivity contribution in [2.75, 3.05) is 0 Å². The molecule has 108 valence electrons. The van der Waals surface area contributed by atoms with Gasteiger partial charge in [0, 0.05) is 18.1 Å². The number of allylic oxidation sites excluding steroid dienone is 4. The van der Waals surface area contributed by atoms with Gasteiger partial charge < -0.3 is 4.57 Å². The topological polar surface area (TPSA) is 17.8 Å². The molecule has 0 saturated carbocycles. The van der Waals surface area contributed by atoms with Crippen LogP contribution in [0, 0.1) is 11.8 Å². The van der Waals surface area contributed by atoms with Crippen molar-refractivity contribution < 1.29 is 0 Å². The Morgan fingerprint density at radius 3 is 2.95 bits per heavy atom. The highest BCUT2D eigenvalue weighted by molar-refractivity contribution is 5.53. The summed E-state index contributed by atoms with van der Waals surface area (Å²) >= 11 is 0. The zero-order chi connectivity index (χ0) is 13.9. The van der Waals surface area contributed by atoms with E-state index < -0.39 is 0 Å². The second-order valence-corrected chi connectivity index (χ2v) is 6.64. The fraction of sp³-hybridized carbons (Fsp3) is 0.611. The normalized spacial score (nSPS) is 24.9. The van der Waals surface area contributed by atoms with Gasteiger partial charge in [-0.1, -0.05) is 24.1 Å². The lowest BCUT2D eigenvalue weighted by molar-refractivity contribution is 0.324. The van der Waals surface area contributed by atoms with Gasteiger partial charge in [-0.15, -0.1) is 0 Å². The summed E-state index contributed by atoms with van der Waals surface area (Å²) in [4.78, 5) is 4.20. The van der Waals surface area contributed by atoms with E-state index in [2.05, 4.69) is 35.7 Å². The van der Waals surface area contributed by atoms with Crippen molar-refractivity contribution in [2.24, 2.45) is 11.8 Å². The third kappa shape index (κ3) is 2.89. The van der Waals surface area contributed by atoms with Crippen molar-refractivity contribution in [2.45, 2.75) is 58.8 Å². The van der Waals surface area contributed by atoms with Crippen LogP contribution in [0.2, 0.25) is 0 Å². The average Bonchev–Trinajstić information content (AvgIpc) is 3.09. The van der Waals surface area contributed by atoms with Gasteiger partial charge in [-0.25, -0.2) is 4.98 Å². The maximum Gasteiger partial charge on any atom is 0.0989 e. The van der Waals surface area contributed by atoms with Crippen LogP contribution in [0.15, 0.2) is 35.9 Å². The number of rotatable bonds is 4. The molecule has 0 N–H and O–H groups in total. The van der Waals surface area contributed by atoms with E-state index in [4.69, 9.17) is 0 Å². The van der Waals surface area contributed by atoms with Crippen LogP contribution in [0.1, 0.15) is 58.8 Å². The van der Waals surface area contributed by atoms with Gasteiger partial charge in [0.25, 0.3) is 0 Å². The Morgan fingerprint density at radius 1 is 1.35 bits per heavy atom. The third-order valence-corrected chi connectivity index (χ3v) is 5.17. The first-order valence-corrected chi connectivity index (χ1v) is 8.09. The Kier molecular flexibility index (Phi) is 4.09. The Bertz CT molecular complexity index is 508. The highest BCUT2D eigenvalue weighted by Crippen LogP contribution is 2.38. The highest BCUT2D eigenvalue weighted by Gasteiger charge is 2.23. The van der Waals surface area contributed by atoms with Crippen molar-refractivity contribution >= 4 is 5.70 Å². The summed E-state index contributed by atoms with van der Waals surface area (Å²) in [6, 6.07) is 0. The molecule has 2 atom stereocenters. The summed E-state index contributed by atoms with van der Waals surface area (Å²) in [7, 11) is 0. The molecule has 0 saturated heterocycles. The van der Waals surface area contributed by atoms with E-state index in [1.807, 2.05) is 12.5 Å². The second-order valence-electron chi connectivity index (χ2n) is 6.64. The van der Waals surface area contributed by atoms with Crippen LogP contribution in [0.4, 0.5) is 0 Å². The van der Waals surface area contributed by atoms with Gasteiger partial charge in [0.15, 0.2) is 0 Å². The number of nitrogens with zero attached hydrogens (tertiary/aromatic N) is 2. The van der Waals surface area contributed by atoms with Gasteiger partial charge in [0.05, 0.1) is 6.33 Å². The van der Waals surface area contributed by atoms with E-state index in [0.717, 1.165) is 11.8 Å². The molecular weight excluding hydrogens is 244 g/mol.